The highest BCUT2D eigenvalue weighted by atomic mass is 32.2. The molecule has 1 aromatic carbocycles. The van der Waals surface area contributed by atoms with Crippen molar-refractivity contribution in [1.82, 2.24) is 4.90 Å². The van der Waals surface area contributed by atoms with Crippen LogP contribution in [0, 0.1) is 11.3 Å². The number of carbonyl (C=O) groups excluding carboxylic acids is 1. The molecule has 1 amide bonds. The third-order valence-corrected chi connectivity index (χ3v) is 5.26. The maximum atomic E-state index is 12.0. The maximum Gasteiger partial charge on any atom is 0.260 e. The first kappa shape index (κ1) is 15.3. The minimum absolute atomic E-state index is 0.00399. The van der Waals surface area contributed by atoms with Crippen molar-refractivity contribution >= 4 is 15.7 Å². The van der Waals surface area contributed by atoms with Crippen LogP contribution in [0.3, 0.4) is 0 Å². The first-order valence-electron chi connectivity index (χ1n) is 6.51. The van der Waals surface area contributed by atoms with E-state index in [1.54, 1.807) is 31.3 Å². The van der Waals surface area contributed by atoms with Crippen molar-refractivity contribution in [3.63, 3.8) is 0 Å². The summed E-state index contributed by atoms with van der Waals surface area (Å²) < 4.78 is 28.2. The topological polar surface area (TPSA) is 87.5 Å². The molecule has 6 nitrogen and oxygen atoms in total. The van der Waals surface area contributed by atoms with E-state index in [-0.39, 0.29) is 30.1 Å². The number of hydrogen-bond acceptors (Lipinski definition) is 5. The third-order valence-electron chi connectivity index (χ3n) is 3.51. The first-order valence-corrected chi connectivity index (χ1v) is 8.33. The second-order valence-electron chi connectivity index (χ2n) is 4.96. The molecule has 0 unspecified atom stereocenters. The Morgan fingerprint density at radius 3 is 2.81 bits per heavy atom. The zero-order valence-corrected chi connectivity index (χ0v) is 12.5. The highest BCUT2D eigenvalue weighted by Gasteiger charge is 2.32. The van der Waals surface area contributed by atoms with Crippen molar-refractivity contribution in [1.29, 1.82) is 5.26 Å². The molecule has 112 valence electrons. The molecule has 1 heterocycles. The van der Waals surface area contributed by atoms with E-state index in [2.05, 4.69) is 0 Å². The van der Waals surface area contributed by atoms with E-state index in [1.165, 1.54) is 4.90 Å². The lowest BCUT2D eigenvalue weighted by Crippen LogP contribution is -2.40. The summed E-state index contributed by atoms with van der Waals surface area (Å²) in [5.41, 5.74) is 0.358. The standard InChI is InChI=1S/C14H16N2O4S/c1-16(12-6-7-21(18,19)10-12)14(17)9-20-13-5-3-2-4-11(13)8-15/h2-5,12H,6-7,9-10H2,1H3/t12-/m0/s1. The molecule has 0 radical (unpaired) electrons. The third kappa shape index (κ3) is 3.73. The van der Waals surface area contributed by atoms with Gasteiger partial charge in [-0.1, -0.05) is 12.1 Å². The molecule has 0 saturated carbocycles. The number of rotatable bonds is 4. The quantitative estimate of drug-likeness (QED) is 0.812. The zero-order chi connectivity index (χ0) is 15.5. The molecule has 7 heteroatoms. The summed E-state index contributed by atoms with van der Waals surface area (Å²) in [6.07, 6.45) is 0.458. The average molecular weight is 308 g/mol. The molecular weight excluding hydrogens is 292 g/mol. The summed E-state index contributed by atoms with van der Waals surface area (Å²) in [7, 11) is -1.45. The van der Waals surface area contributed by atoms with Crippen LogP contribution >= 0.6 is 0 Å². The molecule has 1 atom stereocenters. The van der Waals surface area contributed by atoms with E-state index < -0.39 is 9.84 Å². The van der Waals surface area contributed by atoms with E-state index in [9.17, 15) is 13.2 Å². The van der Waals surface area contributed by atoms with Crippen molar-refractivity contribution in [2.24, 2.45) is 0 Å². The fourth-order valence-corrected chi connectivity index (χ4v) is 3.99. The highest BCUT2D eigenvalue weighted by molar-refractivity contribution is 7.91. The molecule has 21 heavy (non-hydrogen) atoms. The summed E-state index contributed by atoms with van der Waals surface area (Å²) in [5.74, 6) is 0.169. The van der Waals surface area contributed by atoms with Gasteiger partial charge in [-0.05, 0) is 18.6 Å². The summed E-state index contributed by atoms with van der Waals surface area (Å²) in [4.78, 5) is 13.5. The normalized spacial score (nSPS) is 19.7. The fourth-order valence-electron chi connectivity index (χ4n) is 2.21. The molecule has 0 aliphatic carbocycles. The zero-order valence-electron chi connectivity index (χ0n) is 11.7. The van der Waals surface area contributed by atoms with Gasteiger partial charge in [0.25, 0.3) is 5.91 Å². The lowest BCUT2D eigenvalue weighted by atomic mass is 10.2. The van der Waals surface area contributed by atoms with Crippen LogP contribution in [-0.2, 0) is 14.6 Å². The molecule has 1 aromatic rings. The number of carbonyl (C=O) groups is 1. The SMILES string of the molecule is CN(C(=O)COc1ccccc1C#N)[C@H]1CCS(=O)(=O)C1. The molecule has 2 rings (SSSR count). The molecule has 0 spiro atoms. The first-order chi connectivity index (χ1) is 9.93. The largest absolute Gasteiger partial charge is 0.482 e. The van der Waals surface area contributed by atoms with E-state index in [0.29, 0.717) is 17.7 Å². The number of ether oxygens (including phenoxy) is 1. The van der Waals surface area contributed by atoms with Crippen molar-refractivity contribution in [3.05, 3.63) is 29.8 Å². The van der Waals surface area contributed by atoms with Gasteiger partial charge < -0.3 is 9.64 Å². The molecule has 0 N–H and O–H groups in total. The average Bonchev–Trinajstić information content (AvgIpc) is 2.84. The van der Waals surface area contributed by atoms with Crippen molar-refractivity contribution < 1.29 is 17.9 Å². The van der Waals surface area contributed by atoms with Crippen molar-refractivity contribution in [2.75, 3.05) is 25.2 Å². The second kappa shape index (κ2) is 6.14. The molecular formula is C14H16N2O4S. The maximum absolute atomic E-state index is 12.0. The van der Waals surface area contributed by atoms with Crippen LogP contribution in [-0.4, -0.2) is 50.4 Å². The number of hydrogen-bond donors (Lipinski definition) is 0. The van der Waals surface area contributed by atoms with Gasteiger partial charge in [0, 0.05) is 13.1 Å². The van der Waals surface area contributed by atoms with E-state index in [0.717, 1.165) is 0 Å². The Hall–Kier alpha value is -2.07. The molecule has 1 fully saturated rings. The summed E-state index contributed by atoms with van der Waals surface area (Å²) in [5, 5.41) is 8.93. The van der Waals surface area contributed by atoms with Crippen LogP contribution in [0.15, 0.2) is 24.3 Å². The van der Waals surface area contributed by atoms with Crippen LogP contribution in [0.5, 0.6) is 5.75 Å². The number of benzene rings is 1. The lowest BCUT2D eigenvalue weighted by molar-refractivity contribution is -0.133. The molecule has 1 aliphatic heterocycles. The minimum atomic E-state index is -3.03. The van der Waals surface area contributed by atoms with Gasteiger partial charge in [0.1, 0.15) is 11.8 Å². The number of amides is 1. The van der Waals surface area contributed by atoms with Crippen LogP contribution < -0.4 is 4.74 Å². The van der Waals surface area contributed by atoms with Crippen molar-refractivity contribution in [3.8, 4) is 11.8 Å². The minimum Gasteiger partial charge on any atom is -0.482 e. The van der Waals surface area contributed by atoms with Gasteiger partial charge >= 0.3 is 0 Å². The van der Waals surface area contributed by atoms with Gasteiger partial charge in [-0.3, -0.25) is 4.79 Å². The van der Waals surface area contributed by atoms with Crippen molar-refractivity contribution in [2.45, 2.75) is 12.5 Å². The molecule has 0 aromatic heterocycles. The number of sulfone groups is 1. The smallest absolute Gasteiger partial charge is 0.260 e. The van der Waals surface area contributed by atoms with Gasteiger partial charge in [0.15, 0.2) is 16.4 Å². The molecule has 0 bridgehead atoms. The Morgan fingerprint density at radius 1 is 1.48 bits per heavy atom. The van der Waals surface area contributed by atoms with Gasteiger partial charge in [-0.2, -0.15) is 5.26 Å². The fraction of sp³-hybridized carbons (Fsp3) is 0.429. The number of likely N-dealkylation sites (N-methyl/N-ethyl adjacent to an activating group) is 1. The Morgan fingerprint density at radius 2 is 2.19 bits per heavy atom. The van der Waals surface area contributed by atoms with Gasteiger partial charge in [-0.15, -0.1) is 0 Å². The number of nitriles is 1. The Kier molecular flexibility index (Phi) is 4.48. The van der Waals surface area contributed by atoms with E-state index in [4.69, 9.17) is 10.00 Å². The van der Waals surface area contributed by atoms with Gasteiger partial charge in [0.05, 0.1) is 17.1 Å². The number of nitrogens with zero attached hydrogens (tertiary/aromatic N) is 2. The highest BCUT2D eigenvalue weighted by Crippen LogP contribution is 2.18. The van der Waals surface area contributed by atoms with Crippen LogP contribution in [0.2, 0.25) is 0 Å². The lowest BCUT2D eigenvalue weighted by Gasteiger charge is -2.23. The van der Waals surface area contributed by atoms with Gasteiger partial charge in [0.2, 0.25) is 0 Å². The van der Waals surface area contributed by atoms with Crippen LogP contribution in [0.1, 0.15) is 12.0 Å². The summed E-state index contributed by atoms with van der Waals surface area (Å²) >= 11 is 0. The second-order valence-corrected chi connectivity index (χ2v) is 7.19. The summed E-state index contributed by atoms with van der Waals surface area (Å²) in [6, 6.07) is 8.34. The predicted molar refractivity (Wildman–Crippen MR) is 76.5 cm³/mol. The van der Waals surface area contributed by atoms with E-state index >= 15 is 0 Å². The Bertz CT molecular complexity index is 678. The van der Waals surface area contributed by atoms with Crippen LogP contribution in [0.4, 0.5) is 0 Å². The van der Waals surface area contributed by atoms with E-state index in [1.807, 2.05) is 6.07 Å². The Balaban J connectivity index is 1.95. The van der Waals surface area contributed by atoms with Gasteiger partial charge in [-0.25, -0.2) is 8.42 Å². The summed E-state index contributed by atoms with van der Waals surface area (Å²) in [6.45, 7) is -0.217. The molecule has 1 saturated heterocycles. The Labute approximate surface area is 123 Å². The monoisotopic (exact) mass is 308 g/mol. The predicted octanol–water partition coefficient (Wildman–Crippen LogP) is 0.583. The van der Waals surface area contributed by atoms with Crippen LogP contribution in [0.25, 0.3) is 0 Å². The number of para-hydroxylation sites is 1. The molecule has 1 aliphatic rings.